The van der Waals surface area contributed by atoms with Gasteiger partial charge >= 0.3 is 13.5 Å². The fourth-order valence-corrected chi connectivity index (χ4v) is 3.09. The molecule has 0 aliphatic rings. The maximum absolute atomic E-state index is 12.0. The van der Waals surface area contributed by atoms with Gasteiger partial charge in [-0.1, -0.05) is 0 Å². The Morgan fingerprint density at radius 3 is 2.90 bits per heavy atom. The number of ether oxygens (including phenoxy) is 2. The molecule has 14 nitrogen and oxygen atoms in total. The molecule has 0 bridgehead atoms. The number of imidazole rings is 1. The predicted molar refractivity (Wildman–Crippen MR) is 97.1 cm³/mol. The molecule has 1 unspecified atom stereocenters. The zero-order valence-electron chi connectivity index (χ0n) is 15.1. The normalized spacial score (nSPS) is 13.4. The second-order valence-corrected chi connectivity index (χ2v) is 7.44. The van der Waals surface area contributed by atoms with Crippen LogP contribution in [0.5, 0.6) is 5.88 Å². The third-order valence-electron chi connectivity index (χ3n) is 3.61. The fraction of sp³-hybridized carbons (Fsp3) is 0.357. The van der Waals surface area contributed by atoms with E-state index in [9.17, 15) is 19.6 Å². The SMILES string of the molecule is COc1nc(N)nc2c1ncn2CCOCP(=O)(O)OCc1ccc([N+](=O)[O-])o1. The van der Waals surface area contributed by atoms with Gasteiger partial charge in [-0.15, -0.1) is 0 Å². The molecule has 0 aromatic carbocycles. The molecule has 3 rings (SSSR count). The van der Waals surface area contributed by atoms with Crippen molar-refractivity contribution < 1.29 is 32.8 Å². The smallest absolute Gasteiger partial charge is 0.433 e. The summed E-state index contributed by atoms with van der Waals surface area (Å²) in [7, 11) is -2.66. The number of nitrogen functional groups attached to an aromatic ring is 1. The van der Waals surface area contributed by atoms with Gasteiger partial charge in [-0.3, -0.25) is 19.2 Å². The number of nitrogens with two attached hydrogens (primary N) is 1. The minimum Gasteiger partial charge on any atom is -0.479 e. The van der Waals surface area contributed by atoms with E-state index in [1.165, 1.54) is 19.5 Å². The van der Waals surface area contributed by atoms with Gasteiger partial charge < -0.3 is 29.1 Å². The molecule has 1 atom stereocenters. The molecule has 0 radical (unpaired) electrons. The molecule has 3 heterocycles. The van der Waals surface area contributed by atoms with Crippen LogP contribution in [0, 0.1) is 10.1 Å². The Morgan fingerprint density at radius 1 is 1.41 bits per heavy atom. The van der Waals surface area contributed by atoms with Gasteiger partial charge in [0, 0.05) is 6.54 Å². The summed E-state index contributed by atoms with van der Waals surface area (Å²) in [6.07, 6.45) is 0.909. The van der Waals surface area contributed by atoms with Crippen molar-refractivity contribution in [3.63, 3.8) is 0 Å². The fourth-order valence-electron chi connectivity index (χ4n) is 2.33. The van der Waals surface area contributed by atoms with Crippen molar-refractivity contribution in [2.75, 3.05) is 25.8 Å². The number of nitro groups is 1. The summed E-state index contributed by atoms with van der Waals surface area (Å²) in [4.78, 5) is 31.8. The van der Waals surface area contributed by atoms with E-state index in [2.05, 4.69) is 15.0 Å². The number of fused-ring (bicyclic) bond motifs is 1. The average Bonchev–Trinajstić information content (AvgIpc) is 3.30. The summed E-state index contributed by atoms with van der Waals surface area (Å²) in [5, 5.41) is 10.5. The van der Waals surface area contributed by atoms with Crippen LogP contribution >= 0.6 is 7.60 Å². The quantitative estimate of drug-likeness (QED) is 0.204. The Kier molecular flexibility index (Phi) is 6.08. The maximum atomic E-state index is 12.0. The van der Waals surface area contributed by atoms with Crippen LogP contribution < -0.4 is 10.5 Å². The first-order valence-electron chi connectivity index (χ1n) is 8.08. The molecular formula is C14H17N6O8P. The molecule has 0 aliphatic heterocycles. The van der Waals surface area contributed by atoms with Crippen LogP contribution in [-0.4, -0.2) is 49.4 Å². The lowest BCUT2D eigenvalue weighted by atomic mass is 10.5. The summed E-state index contributed by atoms with van der Waals surface area (Å²) in [6.45, 7) is -0.0918. The van der Waals surface area contributed by atoms with Crippen molar-refractivity contribution in [2.24, 2.45) is 0 Å². The second-order valence-electron chi connectivity index (χ2n) is 5.65. The Bertz CT molecular complexity index is 1070. The zero-order chi connectivity index (χ0) is 21.0. The number of anilines is 1. The van der Waals surface area contributed by atoms with Gasteiger partial charge in [-0.25, -0.2) is 4.98 Å². The summed E-state index contributed by atoms with van der Waals surface area (Å²) < 4.78 is 33.6. The third kappa shape index (κ3) is 5.06. The molecular weight excluding hydrogens is 411 g/mol. The highest BCUT2D eigenvalue weighted by atomic mass is 31.2. The van der Waals surface area contributed by atoms with Crippen molar-refractivity contribution in [1.82, 2.24) is 19.5 Å². The van der Waals surface area contributed by atoms with Gasteiger partial charge in [0.25, 0.3) is 0 Å². The van der Waals surface area contributed by atoms with E-state index in [4.69, 9.17) is 24.1 Å². The van der Waals surface area contributed by atoms with Gasteiger partial charge in [0.2, 0.25) is 11.8 Å². The first-order chi connectivity index (χ1) is 13.8. The highest BCUT2D eigenvalue weighted by Gasteiger charge is 2.22. The minimum absolute atomic E-state index is 0.0171. The van der Waals surface area contributed by atoms with Gasteiger partial charge in [0.05, 0.1) is 26.1 Å². The Hall–Kier alpha value is -3.06. The molecule has 29 heavy (non-hydrogen) atoms. The molecule has 15 heteroatoms. The number of rotatable bonds is 10. The average molecular weight is 428 g/mol. The number of furan rings is 1. The van der Waals surface area contributed by atoms with Crippen molar-refractivity contribution in [2.45, 2.75) is 13.2 Å². The van der Waals surface area contributed by atoms with Crippen LogP contribution in [0.3, 0.4) is 0 Å². The first-order valence-corrected chi connectivity index (χ1v) is 9.85. The molecule has 3 aromatic rings. The van der Waals surface area contributed by atoms with Crippen molar-refractivity contribution in [3.05, 3.63) is 34.3 Å². The standard InChI is InChI=1S/C14H17N6O8P/c1-25-13-11-12(17-14(15)18-13)19(7-16-11)4-5-26-8-29(23,24)27-6-9-2-3-10(28-9)20(21)22/h2-3,7H,4-6,8H2,1H3,(H,23,24)(H2,15,17,18). The van der Waals surface area contributed by atoms with Gasteiger partial charge in [0.15, 0.2) is 11.2 Å². The van der Waals surface area contributed by atoms with Crippen molar-refractivity contribution in [3.8, 4) is 5.88 Å². The Balaban J connectivity index is 1.50. The molecule has 0 fully saturated rings. The van der Waals surface area contributed by atoms with E-state index >= 15 is 0 Å². The number of hydrogen-bond acceptors (Lipinski definition) is 11. The van der Waals surface area contributed by atoms with Gasteiger partial charge in [-0.05, 0) is 6.07 Å². The van der Waals surface area contributed by atoms with E-state index in [-0.39, 0.29) is 30.7 Å². The summed E-state index contributed by atoms with van der Waals surface area (Å²) in [5.74, 6) is -0.189. The highest BCUT2D eigenvalue weighted by Crippen LogP contribution is 2.42. The highest BCUT2D eigenvalue weighted by molar-refractivity contribution is 7.52. The molecule has 0 aliphatic carbocycles. The molecule has 0 spiro atoms. The summed E-state index contributed by atoms with van der Waals surface area (Å²) in [6, 6.07) is 2.41. The number of nitrogens with zero attached hydrogens (tertiary/aromatic N) is 5. The molecule has 3 N–H and O–H groups in total. The van der Waals surface area contributed by atoms with Crippen LogP contribution in [-0.2, 0) is 27.0 Å². The zero-order valence-corrected chi connectivity index (χ0v) is 16.0. The van der Waals surface area contributed by atoms with E-state index < -0.39 is 31.4 Å². The molecule has 0 amide bonds. The van der Waals surface area contributed by atoms with E-state index in [1.807, 2.05) is 0 Å². The summed E-state index contributed by atoms with van der Waals surface area (Å²) >= 11 is 0. The first kappa shape index (κ1) is 20.7. The third-order valence-corrected chi connectivity index (χ3v) is 4.65. The predicted octanol–water partition coefficient (Wildman–Crippen LogP) is 1.29. The van der Waals surface area contributed by atoms with Crippen LogP contribution in [0.4, 0.5) is 11.8 Å². The number of hydrogen-bond donors (Lipinski definition) is 2. The lowest BCUT2D eigenvalue weighted by molar-refractivity contribution is -0.402. The lowest BCUT2D eigenvalue weighted by Crippen LogP contribution is -2.08. The summed E-state index contributed by atoms with van der Waals surface area (Å²) in [5.41, 5.74) is 6.49. The van der Waals surface area contributed by atoms with Crippen LogP contribution in [0.15, 0.2) is 22.9 Å². The number of methoxy groups -OCH3 is 1. The molecule has 3 aromatic heterocycles. The van der Waals surface area contributed by atoms with Crippen molar-refractivity contribution in [1.29, 1.82) is 0 Å². The van der Waals surface area contributed by atoms with Crippen LogP contribution in [0.2, 0.25) is 0 Å². The lowest BCUT2D eigenvalue weighted by Gasteiger charge is -2.12. The largest absolute Gasteiger partial charge is 0.479 e. The monoisotopic (exact) mass is 428 g/mol. The Morgan fingerprint density at radius 2 is 2.21 bits per heavy atom. The van der Waals surface area contributed by atoms with E-state index in [0.29, 0.717) is 11.2 Å². The maximum Gasteiger partial charge on any atom is 0.433 e. The van der Waals surface area contributed by atoms with E-state index in [0.717, 1.165) is 6.07 Å². The topological polar surface area (TPSA) is 191 Å². The van der Waals surface area contributed by atoms with E-state index in [1.54, 1.807) is 4.57 Å². The molecule has 0 saturated carbocycles. The molecule has 156 valence electrons. The van der Waals surface area contributed by atoms with Gasteiger partial charge in [0.1, 0.15) is 23.6 Å². The second kappa shape index (κ2) is 8.53. The van der Waals surface area contributed by atoms with Gasteiger partial charge in [-0.2, -0.15) is 9.97 Å². The van der Waals surface area contributed by atoms with Crippen LogP contribution in [0.1, 0.15) is 5.76 Å². The Labute approximate surface area is 162 Å². The van der Waals surface area contributed by atoms with Crippen LogP contribution in [0.25, 0.3) is 11.2 Å². The minimum atomic E-state index is -4.09. The van der Waals surface area contributed by atoms with Crippen molar-refractivity contribution >= 4 is 30.6 Å². The number of aromatic nitrogens is 4. The molecule has 0 saturated heterocycles.